The van der Waals surface area contributed by atoms with Gasteiger partial charge >= 0.3 is 6.18 Å². The van der Waals surface area contributed by atoms with Crippen LogP contribution in [0.4, 0.5) is 17.6 Å². The molecule has 3 aromatic rings. The van der Waals surface area contributed by atoms with E-state index in [1.54, 1.807) is 24.4 Å². The molecule has 0 aromatic carbocycles. The third-order valence-corrected chi connectivity index (χ3v) is 4.43. The van der Waals surface area contributed by atoms with Crippen LogP contribution in [0, 0.1) is 12.7 Å². The summed E-state index contributed by atoms with van der Waals surface area (Å²) in [5.74, 6) is -0.857. The topological polar surface area (TPSA) is 80.9 Å². The Morgan fingerprint density at radius 2 is 2.04 bits per heavy atom. The molecule has 0 aliphatic rings. The zero-order valence-corrected chi connectivity index (χ0v) is 15.1. The molecule has 3 heterocycles. The number of aryl methyl sites for hydroxylation is 1. The molecule has 0 saturated carbocycles. The maximum absolute atomic E-state index is 13.0. The highest BCUT2D eigenvalue weighted by Gasteiger charge is 2.28. The van der Waals surface area contributed by atoms with E-state index in [1.807, 2.05) is 0 Å². The Hall–Kier alpha value is -3.08. The van der Waals surface area contributed by atoms with Gasteiger partial charge in [-0.3, -0.25) is 9.78 Å². The first-order valence-corrected chi connectivity index (χ1v) is 8.61. The summed E-state index contributed by atoms with van der Waals surface area (Å²) in [6, 6.07) is 2.70. The van der Waals surface area contributed by atoms with Crippen molar-refractivity contribution in [3.63, 3.8) is 0 Å². The van der Waals surface area contributed by atoms with Gasteiger partial charge < -0.3 is 9.84 Å². The molecule has 146 valence electrons. The average Bonchev–Trinajstić information content (AvgIpc) is 3.25. The van der Waals surface area contributed by atoms with Crippen molar-refractivity contribution in [2.75, 3.05) is 6.54 Å². The van der Waals surface area contributed by atoms with E-state index in [0.717, 1.165) is 17.5 Å². The monoisotopic (exact) mass is 412 g/mol. The molecule has 1 amide bonds. The standard InChI is InChI=1S/C17H12F4N4O2S/c1-9-11(15(25-27-9)12-4-2-10(18)6-22-12)3-5-14-23-7-13(28-14)16(26)24-8-17(19,20)21/h2-7H,8H2,1H3,(H,24,26)/b5-3+. The summed E-state index contributed by atoms with van der Waals surface area (Å²) < 4.78 is 54.7. The second kappa shape index (κ2) is 7.89. The number of halogens is 4. The molecular formula is C17H12F4N4O2S. The summed E-state index contributed by atoms with van der Waals surface area (Å²) in [7, 11) is 0. The molecule has 1 N–H and O–H groups in total. The minimum Gasteiger partial charge on any atom is -0.360 e. The number of alkyl halides is 3. The predicted molar refractivity (Wildman–Crippen MR) is 93.9 cm³/mol. The van der Waals surface area contributed by atoms with Gasteiger partial charge in [-0.15, -0.1) is 11.3 Å². The van der Waals surface area contributed by atoms with E-state index in [-0.39, 0.29) is 4.88 Å². The normalized spacial score (nSPS) is 11.9. The first kappa shape index (κ1) is 19.7. The van der Waals surface area contributed by atoms with Crippen molar-refractivity contribution in [1.82, 2.24) is 20.4 Å². The zero-order valence-electron chi connectivity index (χ0n) is 14.2. The van der Waals surface area contributed by atoms with Gasteiger partial charge in [0, 0.05) is 5.56 Å². The quantitative estimate of drug-likeness (QED) is 0.638. The Labute approximate surface area is 159 Å². The number of carbonyl (C=O) groups excluding carboxylic acids is 1. The second-order valence-electron chi connectivity index (χ2n) is 5.56. The first-order chi connectivity index (χ1) is 13.2. The Balaban J connectivity index is 1.77. The highest BCUT2D eigenvalue weighted by molar-refractivity contribution is 7.14. The fourth-order valence-corrected chi connectivity index (χ4v) is 2.91. The number of carbonyl (C=O) groups is 1. The van der Waals surface area contributed by atoms with Gasteiger partial charge in [0.05, 0.1) is 18.1 Å². The molecule has 0 aliphatic heterocycles. The van der Waals surface area contributed by atoms with Crippen LogP contribution >= 0.6 is 11.3 Å². The predicted octanol–water partition coefficient (Wildman–Crippen LogP) is 4.10. The van der Waals surface area contributed by atoms with Gasteiger partial charge in [-0.2, -0.15) is 13.2 Å². The molecule has 0 fully saturated rings. The lowest BCUT2D eigenvalue weighted by Gasteiger charge is -2.06. The van der Waals surface area contributed by atoms with E-state index in [4.69, 9.17) is 4.52 Å². The van der Waals surface area contributed by atoms with Gasteiger partial charge in [0.25, 0.3) is 5.91 Å². The molecule has 0 spiro atoms. The van der Waals surface area contributed by atoms with E-state index >= 15 is 0 Å². The van der Waals surface area contributed by atoms with Crippen molar-refractivity contribution in [1.29, 1.82) is 0 Å². The van der Waals surface area contributed by atoms with E-state index < -0.39 is 24.4 Å². The number of amides is 1. The van der Waals surface area contributed by atoms with E-state index in [0.29, 0.717) is 27.7 Å². The third-order valence-electron chi connectivity index (χ3n) is 3.47. The van der Waals surface area contributed by atoms with E-state index in [2.05, 4.69) is 15.1 Å². The molecule has 0 radical (unpaired) electrons. The Bertz CT molecular complexity index is 1010. The number of hydrogen-bond acceptors (Lipinski definition) is 6. The molecule has 11 heteroatoms. The van der Waals surface area contributed by atoms with Crippen LogP contribution < -0.4 is 5.32 Å². The molecule has 3 aromatic heterocycles. The van der Waals surface area contributed by atoms with Gasteiger partial charge in [0.1, 0.15) is 33.7 Å². The van der Waals surface area contributed by atoms with Crippen LogP contribution in [0.2, 0.25) is 0 Å². The van der Waals surface area contributed by atoms with Gasteiger partial charge in [0.2, 0.25) is 0 Å². The van der Waals surface area contributed by atoms with Crippen molar-refractivity contribution < 1.29 is 26.9 Å². The first-order valence-electron chi connectivity index (χ1n) is 7.80. The molecule has 0 bridgehead atoms. The Kier molecular flexibility index (Phi) is 5.54. The van der Waals surface area contributed by atoms with Gasteiger partial charge in [-0.25, -0.2) is 9.37 Å². The lowest BCUT2D eigenvalue weighted by Crippen LogP contribution is -2.33. The molecular weight excluding hydrogens is 400 g/mol. The smallest absolute Gasteiger partial charge is 0.360 e. The molecule has 0 atom stereocenters. The van der Waals surface area contributed by atoms with Gasteiger partial charge in [-0.1, -0.05) is 5.16 Å². The number of thiazole rings is 1. The minimum absolute atomic E-state index is 0.0476. The SMILES string of the molecule is Cc1onc(-c2ccc(F)cn2)c1/C=C/c1ncc(C(=O)NCC(F)(F)F)s1. The second-order valence-corrected chi connectivity index (χ2v) is 6.62. The van der Waals surface area contributed by atoms with Crippen LogP contribution in [0.5, 0.6) is 0 Å². The highest BCUT2D eigenvalue weighted by Crippen LogP contribution is 2.26. The van der Waals surface area contributed by atoms with Crippen LogP contribution in [0.3, 0.4) is 0 Å². The Morgan fingerprint density at radius 1 is 1.25 bits per heavy atom. The van der Waals surface area contributed by atoms with Crippen molar-refractivity contribution >= 4 is 29.4 Å². The number of hydrogen-bond donors (Lipinski definition) is 1. The molecule has 3 rings (SSSR count). The van der Waals surface area contributed by atoms with E-state index in [1.165, 1.54) is 18.3 Å². The summed E-state index contributed by atoms with van der Waals surface area (Å²) in [5, 5.41) is 6.09. The summed E-state index contributed by atoms with van der Waals surface area (Å²) >= 11 is 0.929. The molecule has 28 heavy (non-hydrogen) atoms. The number of aromatic nitrogens is 3. The summed E-state index contributed by atoms with van der Waals surface area (Å²) in [6.07, 6.45) is 0.957. The number of pyridine rings is 1. The summed E-state index contributed by atoms with van der Waals surface area (Å²) in [6.45, 7) is 0.264. The van der Waals surface area contributed by atoms with Crippen LogP contribution in [0.1, 0.15) is 26.0 Å². The van der Waals surface area contributed by atoms with Gasteiger partial charge in [-0.05, 0) is 31.2 Å². The molecule has 0 unspecified atom stereocenters. The van der Waals surface area contributed by atoms with Crippen LogP contribution in [0.15, 0.2) is 29.0 Å². The van der Waals surface area contributed by atoms with Crippen molar-refractivity contribution in [3.05, 3.63) is 51.6 Å². The Morgan fingerprint density at radius 3 is 2.71 bits per heavy atom. The minimum atomic E-state index is -4.49. The van der Waals surface area contributed by atoms with Crippen molar-refractivity contribution in [2.45, 2.75) is 13.1 Å². The molecule has 0 saturated heterocycles. The maximum Gasteiger partial charge on any atom is 0.405 e. The fraction of sp³-hybridized carbons (Fsp3) is 0.176. The van der Waals surface area contributed by atoms with Crippen molar-refractivity contribution in [2.24, 2.45) is 0 Å². The highest BCUT2D eigenvalue weighted by atomic mass is 32.1. The number of nitrogens with one attached hydrogen (secondary N) is 1. The van der Waals surface area contributed by atoms with Crippen LogP contribution in [-0.4, -0.2) is 33.8 Å². The van der Waals surface area contributed by atoms with Gasteiger partial charge in [0.15, 0.2) is 0 Å². The maximum atomic E-state index is 13.0. The summed E-state index contributed by atoms with van der Waals surface area (Å²) in [4.78, 5) is 19.7. The van der Waals surface area contributed by atoms with Crippen LogP contribution in [-0.2, 0) is 0 Å². The van der Waals surface area contributed by atoms with Crippen molar-refractivity contribution in [3.8, 4) is 11.4 Å². The lowest BCUT2D eigenvalue weighted by molar-refractivity contribution is -0.123. The largest absolute Gasteiger partial charge is 0.405 e. The van der Waals surface area contributed by atoms with Crippen LogP contribution in [0.25, 0.3) is 23.5 Å². The van der Waals surface area contributed by atoms with E-state index in [9.17, 15) is 22.4 Å². The fourth-order valence-electron chi connectivity index (χ4n) is 2.17. The molecule has 6 nitrogen and oxygen atoms in total. The number of rotatable bonds is 5. The third kappa shape index (κ3) is 4.80. The lowest BCUT2D eigenvalue weighted by atomic mass is 10.1. The summed E-state index contributed by atoms with van der Waals surface area (Å²) in [5.41, 5.74) is 1.38. The average molecular weight is 412 g/mol. The molecule has 0 aliphatic carbocycles. The number of nitrogens with zero attached hydrogens (tertiary/aromatic N) is 3. The zero-order chi connectivity index (χ0) is 20.3.